The van der Waals surface area contributed by atoms with Gasteiger partial charge in [0.1, 0.15) is 0 Å². The lowest BCUT2D eigenvalue weighted by Crippen LogP contribution is -2.38. The predicted octanol–water partition coefficient (Wildman–Crippen LogP) is 3.40. The minimum absolute atomic E-state index is 0.143. The monoisotopic (exact) mass is 395 g/mol. The maximum absolute atomic E-state index is 4.56. The van der Waals surface area contributed by atoms with Crippen LogP contribution in [-0.4, -0.2) is 32.1 Å². The highest BCUT2D eigenvalue weighted by atomic mass is 79.9. The fourth-order valence-electron chi connectivity index (χ4n) is 2.06. The van der Waals surface area contributed by atoms with Gasteiger partial charge in [0.25, 0.3) is 0 Å². The van der Waals surface area contributed by atoms with Gasteiger partial charge in [0, 0.05) is 31.0 Å². The Balaban J connectivity index is 1.94. The first kappa shape index (κ1) is 17.7. The van der Waals surface area contributed by atoms with Gasteiger partial charge in [-0.05, 0) is 18.6 Å². The van der Waals surface area contributed by atoms with Crippen molar-refractivity contribution in [3.63, 3.8) is 0 Å². The summed E-state index contributed by atoms with van der Waals surface area (Å²) in [6.07, 6.45) is 0. The van der Waals surface area contributed by atoms with E-state index in [9.17, 15) is 0 Å². The van der Waals surface area contributed by atoms with Crippen molar-refractivity contribution < 1.29 is 0 Å². The van der Waals surface area contributed by atoms with E-state index in [-0.39, 0.29) is 6.04 Å². The minimum atomic E-state index is 0.143. The standard InChI is InChI=1S/C16H22BrN5S/c1-11(13-7-5-6-8-14(13)17)20-15(18-2)19-9-12-10-23-16(21-12)22(3)4/h5-8,10-11H,9H2,1-4H3,(H2,18,19,20). The minimum Gasteiger partial charge on any atom is -0.354 e. The molecule has 0 bridgehead atoms. The van der Waals surface area contributed by atoms with Gasteiger partial charge in [-0.15, -0.1) is 11.3 Å². The number of thiazole rings is 1. The summed E-state index contributed by atoms with van der Waals surface area (Å²) >= 11 is 5.23. The van der Waals surface area contributed by atoms with Gasteiger partial charge >= 0.3 is 0 Å². The van der Waals surface area contributed by atoms with Gasteiger partial charge in [-0.25, -0.2) is 4.98 Å². The number of benzene rings is 1. The highest BCUT2D eigenvalue weighted by molar-refractivity contribution is 9.10. The van der Waals surface area contributed by atoms with Crippen molar-refractivity contribution in [2.24, 2.45) is 4.99 Å². The molecule has 2 N–H and O–H groups in total. The summed E-state index contributed by atoms with van der Waals surface area (Å²) in [6.45, 7) is 2.76. The molecule has 0 radical (unpaired) electrons. The number of nitrogens with zero attached hydrogens (tertiary/aromatic N) is 3. The normalized spacial score (nSPS) is 12.8. The van der Waals surface area contributed by atoms with E-state index in [1.54, 1.807) is 18.4 Å². The quantitative estimate of drug-likeness (QED) is 0.601. The molecule has 5 nitrogen and oxygen atoms in total. The van der Waals surface area contributed by atoms with Gasteiger partial charge in [0.05, 0.1) is 18.3 Å². The van der Waals surface area contributed by atoms with Crippen LogP contribution in [0.2, 0.25) is 0 Å². The van der Waals surface area contributed by atoms with E-state index in [0.29, 0.717) is 6.54 Å². The van der Waals surface area contributed by atoms with Crippen LogP contribution in [0.5, 0.6) is 0 Å². The Kier molecular flexibility index (Phi) is 6.41. The van der Waals surface area contributed by atoms with Crippen LogP contribution in [-0.2, 0) is 6.54 Å². The van der Waals surface area contributed by atoms with Crippen LogP contribution >= 0.6 is 27.3 Å². The van der Waals surface area contributed by atoms with Crippen LogP contribution in [0, 0.1) is 0 Å². The molecule has 0 saturated heterocycles. The zero-order chi connectivity index (χ0) is 16.8. The number of aliphatic imine (C=N–C) groups is 1. The number of anilines is 1. The van der Waals surface area contributed by atoms with E-state index < -0.39 is 0 Å². The van der Waals surface area contributed by atoms with Crippen LogP contribution in [0.25, 0.3) is 0 Å². The molecule has 0 saturated carbocycles. The first-order chi connectivity index (χ1) is 11.0. The molecule has 0 aliphatic heterocycles. The number of hydrogen-bond acceptors (Lipinski definition) is 4. The SMILES string of the molecule is CN=C(NCc1csc(N(C)C)n1)NC(C)c1ccccc1Br. The second-order valence-corrected chi connectivity index (χ2v) is 7.02. The summed E-state index contributed by atoms with van der Waals surface area (Å²) in [6, 6.07) is 8.33. The van der Waals surface area contributed by atoms with Crippen LogP contribution in [0.4, 0.5) is 5.13 Å². The van der Waals surface area contributed by atoms with Gasteiger partial charge < -0.3 is 15.5 Å². The topological polar surface area (TPSA) is 52.6 Å². The maximum Gasteiger partial charge on any atom is 0.191 e. The molecule has 1 heterocycles. The largest absolute Gasteiger partial charge is 0.354 e. The molecule has 2 aromatic rings. The summed E-state index contributed by atoms with van der Waals surface area (Å²) in [5.74, 6) is 0.757. The molecule has 0 amide bonds. The van der Waals surface area contributed by atoms with Gasteiger partial charge in [-0.1, -0.05) is 34.1 Å². The summed E-state index contributed by atoms with van der Waals surface area (Å²) in [4.78, 5) is 10.9. The smallest absolute Gasteiger partial charge is 0.191 e. The van der Waals surface area contributed by atoms with Gasteiger partial charge in [-0.2, -0.15) is 0 Å². The van der Waals surface area contributed by atoms with E-state index in [4.69, 9.17) is 0 Å². The Hall–Kier alpha value is -1.60. The van der Waals surface area contributed by atoms with Crippen LogP contribution < -0.4 is 15.5 Å². The molecule has 1 unspecified atom stereocenters. The van der Waals surface area contributed by atoms with E-state index in [2.05, 4.69) is 54.9 Å². The van der Waals surface area contributed by atoms with E-state index >= 15 is 0 Å². The third-order valence-corrected chi connectivity index (χ3v) is 5.09. The summed E-state index contributed by atoms with van der Waals surface area (Å²) in [7, 11) is 5.76. The summed E-state index contributed by atoms with van der Waals surface area (Å²) in [5, 5.41) is 9.77. The zero-order valence-corrected chi connectivity index (χ0v) is 16.2. The molecule has 124 valence electrons. The number of halogens is 1. The van der Waals surface area contributed by atoms with Gasteiger partial charge in [-0.3, -0.25) is 4.99 Å². The lowest BCUT2D eigenvalue weighted by molar-refractivity contribution is 0.681. The van der Waals surface area contributed by atoms with Crippen molar-refractivity contribution in [3.05, 3.63) is 45.4 Å². The molecule has 0 aliphatic rings. The third-order valence-electron chi connectivity index (χ3n) is 3.31. The van der Waals surface area contributed by atoms with Crippen molar-refractivity contribution >= 4 is 38.4 Å². The third kappa shape index (κ3) is 4.94. The van der Waals surface area contributed by atoms with Crippen molar-refractivity contribution in [1.29, 1.82) is 0 Å². The fourth-order valence-corrected chi connectivity index (χ4v) is 3.45. The van der Waals surface area contributed by atoms with Crippen LogP contribution in [0.15, 0.2) is 39.1 Å². The van der Waals surface area contributed by atoms with Crippen molar-refractivity contribution in [1.82, 2.24) is 15.6 Å². The second kappa shape index (κ2) is 8.31. The summed E-state index contributed by atoms with van der Waals surface area (Å²) < 4.78 is 1.09. The zero-order valence-electron chi connectivity index (χ0n) is 13.8. The highest BCUT2D eigenvalue weighted by Gasteiger charge is 2.11. The average molecular weight is 396 g/mol. The Labute approximate surface area is 150 Å². The first-order valence-corrected chi connectivity index (χ1v) is 9.02. The summed E-state index contributed by atoms with van der Waals surface area (Å²) in [5.41, 5.74) is 2.20. The van der Waals surface area contributed by atoms with Crippen molar-refractivity contribution in [2.45, 2.75) is 19.5 Å². The second-order valence-electron chi connectivity index (χ2n) is 5.33. The number of rotatable bonds is 5. The van der Waals surface area contributed by atoms with Crippen molar-refractivity contribution in [2.75, 3.05) is 26.0 Å². The lowest BCUT2D eigenvalue weighted by atomic mass is 10.1. The van der Waals surface area contributed by atoms with Gasteiger partial charge in [0.15, 0.2) is 11.1 Å². The molecule has 0 aliphatic carbocycles. The maximum atomic E-state index is 4.56. The van der Waals surface area contributed by atoms with Crippen LogP contribution in [0.1, 0.15) is 24.2 Å². The Morgan fingerprint density at radius 3 is 2.74 bits per heavy atom. The van der Waals surface area contributed by atoms with Crippen LogP contribution in [0.3, 0.4) is 0 Å². The average Bonchev–Trinajstić information content (AvgIpc) is 3.00. The molecular formula is C16H22BrN5S. The van der Waals surface area contributed by atoms with Crippen molar-refractivity contribution in [3.8, 4) is 0 Å². The highest BCUT2D eigenvalue weighted by Crippen LogP contribution is 2.22. The molecule has 0 spiro atoms. The number of nitrogens with one attached hydrogen (secondary N) is 2. The lowest BCUT2D eigenvalue weighted by Gasteiger charge is -2.19. The predicted molar refractivity (Wildman–Crippen MR) is 102 cm³/mol. The number of aromatic nitrogens is 1. The van der Waals surface area contributed by atoms with Gasteiger partial charge in [0.2, 0.25) is 0 Å². The molecule has 1 aromatic heterocycles. The molecule has 23 heavy (non-hydrogen) atoms. The number of guanidine groups is 1. The molecule has 2 rings (SSSR count). The molecular weight excluding hydrogens is 374 g/mol. The Morgan fingerprint density at radius 2 is 2.13 bits per heavy atom. The Morgan fingerprint density at radius 1 is 1.39 bits per heavy atom. The fraction of sp³-hybridized carbons (Fsp3) is 0.375. The molecule has 1 atom stereocenters. The number of hydrogen-bond donors (Lipinski definition) is 2. The Bertz CT molecular complexity index is 668. The first-order valence-electron chi connectivity index (χ1n) is 7.34. The molecule has 1 aromatic carbocycles. The molecule has 0 fully saturated rings. The van der Waals surface area contributed by atoms with E-state index in [1.807, 2.05) is 37.2 Å². The van der Waals surface area contributed by atoms with E-state index in [1.165, 1.54) is 5.56 Å². The molecule has 7 heteroatoms. The van der Waals surface area contributed by atoms with E-state index in [0.717, 1.165) is 21.3 Å².